The van der Waals surface area contributed by atoms with Gasteiger partial charge in [-0.25, -0.2) is 0 Å². The Labute approximate surface area is 125 Å². The van der Waals surface area contributed by atoms with Crippen LogP contribution in [0.4, 0.5) is 0 Å². The van der Waals surface area contributed by atoms with Crippen molar-refractivity contribution in [3.05, 3.63) is 0 Å². The van der Waals surface area contributed by atoms with E-state index in [1.165, 1.54) is 19.3 Å². The van der Waals surface area contributed by atoms with E-state index in [-0.39, 0.29) is 11.6 Å². The van der Waals surface area contributed by atoms with E-state index >= 15 is 0 Å². The molecule has 118 valence electrons. The van der Waals surface area contributed by atoms with Crippen molar-refractivity contribution >= 4 is 14.3 Å². The summed E-state index contributed by atoms with van der Waals surface area (Å²) >= 11 is 0. The molecule has 0 aromatic carbocycles. The molecular weight excluding hydrogens is 268 g/mol. The van der Waals surface area contributed by atoms with Gasteiger partial charge >= 0.3 is 5.97 Å². The summed E-state index contributed by atoms with van der Waals surface area (Å²) in [5.74, 6) is -0.102. The highest BCUT2D eigenvalue weighted by atomic mass is 28.4. The Hall–Kier alpha value is -0.353. The first kappa shape index (κ1) is 17.7. The highest BCUT2D eigenvalue weighted by Gasteiger charge is 2.42. The second-order valence-electron chi connectivity index (χ2n) is 6.10. The summed E-state index contributed by atoms with van der Waals surface area (Å²) in [6.07, 6.45) is 6.24. The molecule has 4 heteroatoms. The van der Waals surface area contributed by atoms with Gasteiger partial charge in [0.1, 0.15) is 6.61 Å². The Kier molecular flexibility index (Phi) is 7.24. The van der Waals surface area contributed by atoms with Gasteiger partial charge in [-0.1, -0.05) is 47.0 Å². The van der Waals surface area contributed by atoms with Crippen LogP contribution in [-0.4, -0.2) is 26.5 Å². The third kappa shape index (κ3) is 4.59. The summed E-state index contributed by atoms with van der Waals surface area (Å²) in [7, 11) is -1.65. The van der Waals surface area contributed by atoms with Crippen LogP contribution < -0.4 is 0 Å². The molecule has 1 fully saturated rings. The molecule has 3 nitrogen and oxygen atoms in total. The Balaban J connectivity index is 2.79. The SMILES string of the molecule is CCC(=O)OCC1(O[Si](CC)(CC)CC)CCCCC1. The minimum atomic E-state index is -1.65. The Morgan fingerprint density at radius 1 is 1.00 bits per heavy atom. The molecule has 0 unspecified atom stereocenters. The molecule has 1 aliphatic rings. The lowest BCUT2D eigenvalue weighted by molar-refractivity contribution is -0.151. The Morgan fingerprint density at radius 2 is 1.55 bits per heavy atom. The molecule has 0 aliphatic heterocycles. The zero-order chi connectivity index (χ0) is 15.1. The average Bonchev–Trinajstić information content (AvgIpc) is 2.51. The number of esters is 1. The van der Waals surface area contributed by atoms with Gasteiger partial charge in [0.05, 0.1) is 5.60 Å². The van der Waals surface area contributed by atoms with Gasteiger partial charge < -0.3 is 9.16 Å². The highest BCUT2D eigenvalue weighted by Crippen LogP contribution is 2.37. The van der Waals surface area contributed by atoms with E-state index in [1.807, 2.05) is 6.92 Å². The first-order chi connectivity index (χ1) is 9.55. The van der Waals surface area contributed by atoms with Crippen LogP contribution >= 0.6 is 0 Å². The largest absolute Gasteiger partial charge is 0.463 e. The summed E-state index contributed by atoms with van der Waals surface area (Å²) in [5.41, 5.74) is -0.183. The van der Waals surface area contributed by atoms with Crippen LogP contribution in [0.1, 0.15) is 66.2 Å². The minimum absolute atomic E-state index is 0.102. The third-order valence-corrected chi connectivity index (χ3v) is 9.65. The smallest absolute Gasteiger partial charge is 0.305 e. The molecule has 0 N–H and O–H groups in total. The van der Waals surface area contributed by atoms with E-state index in [2.05, 4.69) is 20.8 Å². The zero-order valence-corrected chi connectivity index (χ0v) is 14.8. The van der Waals surface area contributed by atoms with E-state index < -0.39 is 8.32 Å². The van der Waals surface area contributed by atoms with Crippen molar-refractivity contribution in [2.24, 2.45) is 0 Å². The van der Waals surface area contributed by atoms with E-state index in [1.54, 1.807) is 0 Å². The first-order valence-corrected chi connectivity index (χ1v) is 10.9. The van der Waals surface area contributed by atoms with Crippen molar-refractivity contribution in [2.45, 2.75) is 90.0 Å². The van der Waals surface area contributed by atoms with Gasteiger partial charge in [0.15, 0.2) is 8.32 Å². The van der Waals surface area contributed by atoms with E-state index in [0.29, 0.717) is 13.0 Å². The van der Waals surface area contributed by atoms with Gasteiger partial charge in [-0.05, 0) is 31.0 Å². The summed E-state index contributed by atoms with van der Waals surface area (Å²) in [5, 5.41) is 0. The van der Waals surface area contributed by atoms with Crippen molar-refractivity contribution in [2.75, 3.05) is 6.61 Å². The van der Waals surface area contributed by atoms with Crippen LogP contribution in [0.3, 0.4) is 0 Å². The van der Waals surface area contributed by atoms with Crippen molar-refractivity contribution in [3.63, 3.8) is 0 Å². The molecule has 0 heterocycles. The fourth-order valence-electron chi connectivity index (χ4n) is 3.21. The molecule has 0 aromatic rings. The van der Waals surface area contributed by atoms with Gasteiger partial charge in [0.2, 0.25) is 0 Å². The summed E-state index contributed by atoms with van der Waals surface area (Å²) < 4.78 is 12.2. The summed E-state index contributed by atoms with van der Waals surface area (Å²) in [6.45, 7) is 9.09. The van der Waals surface area contributed by atoms with Crippen molar-refractivity contribution < 1.29 is 14.0 Å². The number of carbonyl (C=O) groups is 1. The molecule has 0 atom stereocenters. The van der Waals surface area contributed by atoms with E-state index in [9.17, 15) is 4.79 Å². The van der Waals surface area contributed by atoms with Crippen LogP contribution in [0.25, 0.3) is 0 Å². The second-order valence-corrected chi connectivity index (χ2v) is 10.8. The van der Waals surface area contributed by atoms with Gasteiger partial charge in [-0.2, -0.15) is 0 Å². The lowest BCUT2D eigenvalue weighted by Crippen LogP contribution is -2.51. The number of ether oxygens (including phenoxy) is 1. The van der Waals surface area contributed by atoms with E-state index in [0.717, 1.165) is 31.0 Å². The fourth-order valence-corrected chi connectivity index (χ4v) is 6.33. The van der Waals surface area contributed by atoms with Gasteiger partial charge in [0, 0.05) is 6.42 Å². The van der Waals surface area contributed by atoms with Crippen molar-refractivity contribution in [3.8, 4) is 0 Å². The number of hydrogen-bond acceptors (Lipinski definition) is 3. The predicted molar refractivity (Wildman–Crippen MR) is 85.3 cm³/mol. The monoisotopic (exact) mass is 300 g/mol. The van der Waals surface area contributed by atoms with Gasteiger partial charge in [-0.15, -0.1) is 0 Å². The number of rotatable bonds is 8. The molecule has 0 bridgehead atoms. The Bertz CT molecular complexity index is 286. The van der Waals surface area contributed by atoms with Crippen LogP contribution in [0.2, 0.25) is 18.1 Å². The Morgan fingerprint density at radius 3 is 2.00 bits per heavy atom. The van der Waals surface area contributed by atoms with E-state index in [4.69, 9.17) is 9.16 Å². The van der Waals surface area contributed by atoms with Crippen molar-refractivity contribution in [1.29, 1.82) is 0 Å². The maximum atomic E-state index is 11.5. The maximum Gasteiger partial charge on any atom is 0.305 e. The first-order valence-electron chi connectivity index (χ1n) is 8.41. The van der Waals surface area contributed by atoms with Gasteiger partial charge in [-0.3, -0.25) is 4.79 Å². The third-order valence-electron chi connectivity index (χ3n) is 4.92. The highest BCUT2D eigenvalue weighted by molar-refractivity contribution is 6.73. The van der Waals surface area contributed by atoms with Crippen LogP contribution in [-0.2, 0) is 14.0 Å². The minimum Gasteiger partial charge on any atom is -0.463 e. The maximum absolute atomic E-state index is 11.5. The molecule has 1 rings (SSSR count). The van der Waals surface area contributed by atoms with Crippen LogP contribution in [0.5, 0.6) is 0 Å². The topological polar surface area (TPSA) is 35.5 Å². The molecule has 1 aliphatic carbocycles. The summed E-state index contributed by atoms with van der Waals surface area (Å²) in [4.78, 5) is 11.5. The quantitative estimate of drug-likeness (QED) is 0.483. The molecule has 20 heavy (non-hydrogen) atoms. The fraction of sp³-hybridized carbons (Fsp3) is 0.938. The zero-order valence-electron chi connectivity index (χ0n) is 13.8. The van der Waals surface area contributed by atoms with Crippen LogP contribution in [0, 0.1) is 0 Å². The lowest BCUT2D eigenvalue weighted by atomic mass is 9.85. The lowest BCUT2D eigenvalue weighted by Gasteiger charge is -2.44. The molecular formula is C16H32O3Si. The molecule has 0 radical (unpaired) electrons. The standard InChI is InChI=1S/C16H32O3Si/c1-5-15(17)18-14-16(12-10-9-11-13-16)19-20(6-2,7-3)8-4/h5-14H2,1-4H3. The molecule has 1 saturated carbocycles. The average molecular weight is 301 g/mol. The molecule has 0 aromatic heterocycles. The van der Waals surface area contributed by atoms with Gasteiger partial charge in [0.25, 0.3) is 0 Å². The molecule has 0 amide bonds. The van der Waals surface area contributed by atoms with Crippen molar-refractivity contribution in [1.82, 2.24) is 0 Å². The molecule has 0 spiro atoms. The predicted octanol–water partition coefficient (Wildman–Crippen LogP) is 4.66. The normalized spacial score (nSPS) is 18.8. The number of carbonyl (C=O) groups excluding carboxylic acids is 1. The van der Waals surface area contributed by atoms with Crippen LogP contribution in [0.15, 0.2) is 0 Å². The number of hydrogen-bond donors (Lipinski definition) is 0. The summed E-state index contributed by atoms with van der Waals surface area (Å²) in [6, 6.07) is 3.47. The second kappa shape index (κ2) is 8.18. The molecule has 0 saturated heterocycles.